The number of hydrogen-bond acceptors (Lipinski definition) is 4. The third kappa shape index (κ3) is 4.33. The van der Waals surface area contributed by atoms with Crippen molar-refractivity contribution < 1.29 is 9.90 Å². The van der Waals surface area contributed by atoms with Crippen LogP contribution < -0.4 is 0 Å². The van der Waals surface area contributed by atoms with Gasteiger partial charge in [-0.1, -0.05) is 24.3 Å². The van der Waals surface area contributed by atoms with Crippen LogP contribution in [-0.4, -0.2) is 34.0 Å². The second kappa shape index (κ2) is 7.49. The van der Waals surface area contributed by atoms with Crippen LogP contribution in [-0.2, 0) is 19.4 Å². The molecule has 1 aliphatic carbocycles. The molecule has 1 atom stereocenters. The third-order valence-electron chi connectivity index (χ3n) is 5.52. The maximum absolute atomic E-state index is 11.2. The SMILES string of the molecule is Cc1nc(CC2CCN(Cc3ccc(CC4CC4)cc3)C2)sc1C(=O)O. The summed E-state index contributed by atoms with van der Waals surface area (Å²) in [6.45, 7) is 4.99. The van der Waals surface area contributed by atoms with Gasteiger partial charge < -0.3 is 5.11 Å². The van der Waals surface area contributed by atoms with E-state index >= 15 is 0 Å². The van der Waals surface area contributed by atoms with Crippen molar-refractivity contribution in [2.24, 2.45) is 11.8 Å². The Bertz CT molecular complexity index is 780. The van der Waals surface area contributed by atoms with E-state index < -0.39 is 5.97 Å². The first kappa shape index (κ1) is 17.7. The Labute approximate surface area is 158 Å². The minimum atomic E-state index is -0.857. The molecular formula is C21H26N2O2S. The third-order valence-corrected chi connectivity index (χ3v) is 6.69. The molecule has 4 rings (SSSR count). The van der Waals surface area contributed by atoms with E-state index in [4.69, 9.17) is 0 Å². The van der Waals surface area contributed by atoms with Crippen molar-refractivity contribution in [3.63, 3.8) is 0 Å². The fourth-order valence-corrected chi connectivity index (χ4v) is 4.92. The number of aromatic carboxylic acids is 1. The van der Waals surface area contributed by atoms with Gasteiger partial charge in [-0.2, -0.15) is 0 Å². The highest BCUT2D eigenvalue weighted by Gasteiger charge is 2.25. The minimum absolute atomic E-state index is 0.390. The number of carboxylic acid groups (broad SMARTS) is 1. The van der Waals surface area contributed by atoms with Crippen LogP contribution >= 0.6 is 11.3 Å². The number of thiazole rings is 1. The van der Waals surface area contributed by atoms with Gasteiger partial charge in [0.1, 0.15) is 4.88 Å². The summed E-state index contributed by atoms with van der Waals surface area (Å²) in [7, 11) is 0. The minimum Gasteiger partial charge on any atom is -0.477 e. The Morgan fingerprint density at radius 3 is 2.54 bits per heavy atom. The molecule has 138 valence electrons. The van der Waals surface area contributed by atoms with Gasteiger partial charge in [-0.15, -0.1) is 11.3 Å². The monoisotopic (exact) mass is 370 g/mol. The van der Waals surface area contributed by atoms with Gasteiger partial charge in [-0.05, 0) is 62.1 Å². The van der Waals surface area contributed by atoms with Crippen LogP contribution in [0, 0.1) is 18.8 Å². The van der Waals surface area contributed by atoms with E-state index in [-0.39, 0.29) is 0 Å². The molecule has 1 aromatic carbocycles. The number of hydrogen-bond donors (Lipinski definition) is 1. The lowest BCUT2D eigenvalue weighted by Gasteiger charge is -2.16. The lowest BCUT2D eigenvalue weighted by molar-refractivity contribution is 0.0701. The summed E-state index contributed by atoms with van der Waals surface area (Å²) < 4.78 is 0. The van der Waals surface area contributed by atoms with Crippen molar-refractivity contribution >= 4 is 17.3 Å². The number of carbonyl (C=O) groups is 1. The Morgan fingerprint density at radius 2 is 1.88 bits per heavy atom. The van der Waals surface area contributed by atoms with Gasteiger partial charge in [0.25, 0.3) is 0 Å². The van der Waals surface area contributed by atoms with E-state index in [1.807, 2.05) is 0 Å². The van der Waals surface area contributed by atoms with Crippen molar-refractivity contribution in [3.05, 3.63) is 51.0 Å². The van der Waals surface area contributed by atoms with E-state index in [0.717, 1.165) is 37.0 Å². The smallest absolute Gasteiger partial charge is 0.347 e. The lowest BCUT2D eigenvalue weighted by Crippen LogP contribution is -2.20. The predicted molar refractivity (Wildman–Crippen MR) is 104 cm³/mol. The molecule has 0 bridgehead atoms. The number of benzene rings is 1. The van der Waals surface area contributed by atoms with Gasteiger partial charge in [-0.25, -0.2) is 9.78 Å². The number of nitrogens with zero attached hydrogens (tertiary/aromatic N) is 2. The van der Waals surface area contributed by atoms with Crippen molar-refractivity contribution in [1.82, 2.24) is 9.88 Å². The van der Waals surface area contributed by atoms with Crippen LogP contribution in [0.4, 0.5) is 0 Å². The van der Waals surface area contributed by atoms with Crippen molar-refractivity contribution in [2.75, 3.05) is 13.1 Å². The van der Waals surface area contributed by atoms with E-state index in [9.17, 15) is 9.90 Å². The standard InChI is InChI=1S/C21H26N2O2S/c1-14-20(21(24)25)26-19(22-14)11-18-8-9-23(13-18)12-17-6-4-16(5-7-17)10-15-2-3-15/h4-7,15,18H,2-3,8-13H2,1H3,(H,24,25). The largest absolute Gasteiger partial charge is 0.477 e. The first-order chi connectivity index (χ1) is 12.6. The van der Waals surface area contributed by atoms with Crippen LogP contribution in [0.3, 0.4) is 0 Å². The first-order valence-corrected chi connectivity index (χ1v) is 10.4. The molecule has 0 amide bonds. The van der Waals surface area contributed by atoms with Gasteiger partial charge in [0, 0.05) is 19.5 Å². The summed E-state index contributed by atoms with van der Waals surface area (Å²) >= 11 is 1.34. The quantitative estimate of drug-likeness (QED) is 0.795. The summed E-state index contributed by atoms with van der Waals surface area (Å²) in [5.74, 6) is 0.664. The van der Waals surface area contributed by atoms with Crippen LogP contribution in [0.5, 0.6) is 0 Å². The highest BCUT2D eigenvalue weighted by Crippen LogP contribution is 2.32. The molecule has 2 aromatic rings. The van der Waals surface area contributed by atoms with Gasteiger partial charge in [-0.3, -0.25) is 4.90 Å². The molecule has 2 fully saturated rings. The maximum atomic E-state index is 11.2. The van der Waals surface area contributed by atoms with Crippen LogP contribution in [0.1, 0.15) is 50.8 Å². The molecule has 1 saturated carbocycles. The molecule has 5 heteroatoms. The highest BCUT2D eigenvalue weighted by atomic mass is 32.1. The van der Waals surface area contributed by atoms with Gasteiger partial charge in [0.05, 0.1) is 10.7 Å². The normalized spacial score (nSPS) is 20.6. The number of rotatable bonds is 7. The molecular weight excluding hydrogens is 344 g/mol. The molecule has 1 saturated heterocycles. The molecule has 1 aliphatic heterocycles. The molecule has 26 heavy (non-hydrogen) atoms. The highest BCUT2D eigenvalue weighted by molar-refractivity contribution is 7.13. The predicted octanol–water partition coefficient (Wildman–Crippen LogP) is 4.17. The molecule has 0 spiro atoms. The Hall–Kier alpha value is -1.72. The fourth-order valence-electron chi connectivity index (χ4n) is 3.90. The zero-order valence-electron chi connectivity index (χ0n) is 15.3. The number of carboxylic acids is 1. The molecule has 2 heterocycles. The Kier molecular flexibility index (Phi) is 5.09. The average Bonchev–Trinajstić information content (AvgIpc) is 3.19. The Morgan fingerprint density at radius 1 is 1.15 bits per heavy atom. The molecule has 2 aliphatic rings. The number of likely N-dealkylation sites (tertiary alicyclic amines) is 1. The zero-order valence-corrected chi connectivity index (χ0v) is 16.1. The van der Waals surface area contributed by atoms with Crippen LogP contribution in [0.25, 0.3) is 0 Å². The Balaban J connectivity index is 1.29. The molecule has 1 unspecified atom stereocenters. The summed E-state index contributed by atoms with van der Waals surface area (Å²) in [4.78, 5) is 18.5. The lowest BCUT2D eigenvalue weighted by atomic mass is 10.1. The van der Waals surface area contributed by atoms with E-state index in [1.165, 1.54) is 48.1 Å². The summed E-state index contributed by atoms with van der Waals surface area (Å²) in [6.07, 6.45) is 6.13. The molecule has 1 aromatic heterocycles. The van der Waals surface area contributed by atoms with Gasteiger partial charge in [0.15, 0.2) is 0 Å². The summed E-state index contributed by atoms with van der Waals surface area (Å²) in [6, 6.07) is 9.17. The molecule has 0 radical (unpaired) electrons. The van der Waals surface area contributed by atoms with Crippen LogP contribution in [0.2, 0.25) is 0 Å². The molecule has 4 nitrogen and oxygen atoms in total. The zero-order chi connectivity index (χ0) is 18.1. The van der Waals surface area contributed by atoms with E-state index in [0.29, 0.717) is 16.5 Å². The van der Waals surface area contributed by atoms with Crippen LogP contribution in [0.15, 0.2) is 24.3 Å². The summed E-state index contributed by atoms with van der Waals surface area (Å²) in [5, 5.41) is 10.1. The van der Waals surface area contributed by atoms with E-state index in [2.05, 4.69) is 34.1 Å². The van der Waals surface area contributed by atoms with E-state index in [1.54, 1.807) is 6.92 Å². The van der Waals surface area contributed by atoms with Crippen molar-refractivity contribution in [2.45, 2.75) is 45.6 Å². The average molecular weight is 371 g/mol. The fraction of sp³-hybridized carbons (Fsp3) is 0.524. The topological polar surface area (TPSA) is 53.4 Å². The maximum Gasteiger partial charge on any atom is 0.347 e. The molecule has 1 N–H and O–H groups in total. The van der Waals surface area contributed by atoms with Crippen molar-refractivity contribution in [3.8, 4) is 0 Å². The number of aryl methyl sites for hydroxylation is 1. The first-order valence-electron chi connectivity index (χ1n) is 9.56. The number of aromatic nitrogens is 1. The van der Waals surface area contributed by atoms with Crippen molar-refractivity contribution in [1.29, 1.82) is 0 Å². The summed E-state index contributed by atoms with van der Waals surface area (Å²) in [5.41, 5.74) is 3.52. The van der Waals surface area contributed by atoms with Gasteiger partial charge >= 0.3 is 5.97 Å². The van der Waals surface area contributed by atoms with Gasteiger partial charge in [0.2, 0.25) is 0 Å². The second-order valence-electron chi connectivity index (χ2n) is 7.89. The second-order valence-corrected chi connectivity index (χ2v) is 8.97.